The van der Waals surface area contributed by atoms with E-state index in [4.69, 9.17) is 20.1 Å². The number of rotatable bonds is 2. The van der Waals surface area contributed by atoms with Gasteiger partial charge in [-0.25, -0.2) is 9.59 Å². The summed E-state index contributed by atoms with van der Waals surface area (Å²) in [5.41, 5.74) is 0.369. The van der Waals surface area contributed by atoms with Crippen molar-refractivity contribution < 1.29 is 29.7 Å². The summed E-state index contributed by atoms with van der Waals surface area (Å²) >= 11 is 0. The molecule has 22 heavy (non-hydrogen) atoms. The van der Waals surface area contributed by atoms with Gasteiger partial charge in [-0.15, -0.1) is 0 Å². The van der Waals surface area contributed by atoms with E-state index in [9.17, 15) is 9.59 Å². The Hall–Kier alpha value is -3.15. The van der Waals surface area contributed by atoms with Gasteiger partial charge in [-0.2, -0.15) is 0 Å². The first-order chi connectivity index (χ1) is 10.4. The molecular weight excluding hydrogens is 288 g/mol. The molecular formula is C16H16O6. The molecule has 2 aromatic rings. The molecule has 0 heterocycles. The summed E-state index contributed by atoms with van der Waals surface area (Å²) in [6.45, 7) is 1.46. The van der Waals surface area contributed by atoms with Gasteiger partial charge in [-0.1, -0.05) is 48.0 Å². The van der Waals surface area contributed by atoms with Crippen molar-refractivity contribution >= 4 is 18.4 Å². The maximum Gasteiger partial charge on any atom is 0.336 e. The normalized spacial score (nSPS) is 8.41. The average Bonchev–Trinajstić information content (AvgIpc) is 2.50. The Balaban J connectivity index is 0.000000404. The minimum Gasteiger partial charge on any atom is -0.483 e. The molecule has 0 spiro atoms. The highest BCUT2D eigenvalue weighted by molar-refractivity contribution is 6.01. The molecule has 3 N–H and O–H groups in total. The summed E-state index contributed by atoms with van der Waals surface area (Å²) in [6, 6.07) is 16.2. The van der Waals surface area contributed by atoms with Crippen LogP contribution in [0.4, 0.5) is 0 Å². The second-order valence-corrected chi connectivity index (χ2v) is 3.92. The van der Waals surface area contributed by atoms with Crippen molar-refractivity contribution in [2.45, 2.75) is 6.92 Å². The number of hydrogen-bond donors (Lipinski definition) is 3. The van der Waals surface area contributed by atoms with Crippen LogP contribution in [0.1, 0.15) is 26.3 Å². The molecule has 0 radical (unpaired) electrons. The second-order valence-electron chi connectivity index (χ2n) is 3.92. The number of carboxylic acid groups (broad SMARTS) is 3. The summed E-state index contributed by atoms with van der Waals surface area (Å²) in [5, 5.41) is 24.2. The highest BCUT2D eigenvalue weighted by Crippen LogP contribution is 2.11. The first-order valence-electron chi connectivity index (χ1n) is 6.09. The van der Waals surface area contributed by atoms with Crippen molar-refractivity contribution in [3.05, 3.63) is 71.3 Å². The smallest absolute Gasteiger partial charge is 0.336 e. The van der Waals surface area contributed by atoms with Crippen molar-refractivity contribution in [3.8, 4) is 0 Å². The van der Waals surface area contributed by atoms with Crippen molar-refractivity contribution in [2.24, 2.45) is 0 Å². The molecule has 0 aromatic heterocycles. The van der Waals surface area contributed by atoms with Gasteiger partial charge in [0.2, 0.25) is 0 Å². The number of aromatic carboxylic acids is 2. The number of carbonyl (C=O) groups is 3. The van der Waals surface area contributed by atoms with Gasteiger partial charge in [0.1, 0.15) is 0 Å². The zero-order valence-corrected chi connectivity index (χ0v) is 11.8. The molecule has 0 unspecified atom stereocenters. The van der Waals surface area contributed by atoms with E-state index in [1.165, 1.54) is 12.1 Å². The quantitative estimate of drug-likeness (QED) is 0.735. The summed E-state index contributed by atoms with van der Waals surface area (Å²) in [4.78, 5) is 29.6. The van der Waals surface area contributed by atoms with Gasteiger partial charge in [0.15, 0.2) is 0 Å². The van der Waals surface area contributed by atoms with E-state index < -0.39 is 11.9 Å². The van der Waals surface area contributed by atoms with Gasteiger partial charge in [0.25, 0.3) is 6.47 Å². The molecule has 0 aliphatic carbocycles. The van der Waals surface area contributed by atoms with E-state index in [-0.39, 0.29) is 17.6 Å². The fourth-order valence-corrected chi connectivity index (χ4v) is 1.41. The number of hydrogen-bond acceptors (Lipinski definition) is 3. The lowest BCUT2D eigenvalue weighted by molar-refractivity contribution is -0.122. The van der Waals surface area contributed by atoms with E-state index in [2.05, 4.69) is 0 Å². The van der Waals surface area contributed by atoms with E-state index in [1.54, 1.807) is 13.0 Å². The van der Waals surface area contributed by atoms with Gasteiger partial charge in [-0.3, -0.25) is 4.79 Å². The molecule has 0 bridgehead atoms. The Morgan fingerprint density at radius 2 is 1.23 bits per heavy atom. The van der Waals surface area contributed by atoms with Crippen LogP contribution in [-0.4, -0.2) is 33.7 Å². The van der Waals surface area contributed by atoms with Crippen LogP contribution in [0.25, 0.3) is 0 Å². The molecule has 0 amide bonds. The molecule has 116 valence electrons. The van der Waals surface area contributed by atoms with Crippen LogP contribution >= 0.6 is 0 Å². The van der Waals surface area contributed by atoms with Crippen LogP contribution in [0.15, 0.2) is 54.6 Å². The van der Waals surface area contributed by atoms with Gasteiger partial charge >= 0.3 is 11.9 Å². The number of aryl methyl sites for hydroxylation is 1. The minimum absolute atomic E-state index is 0.174. The molecule has 0 saturated carbocycles. The fraction of sp³-hybridized carbons (Fsp3) is 0.0625. The summed E-state index contributed by atoms with van der Waals surface area (Å²) in [5.74, 6) is -2.45. The van der Waals surface area contributed by atoms with E-state index >= 15 is 0 Å². The maximum atomic E-state index is 10.6. The predicted octanol–water partition coefficient (Wildman–Crippen LogP) is 2.78. The monoisotopic (exact) mass is 304 g/mol. The van der Waals surface area contributed by atoms with Gasteiger partial charge in [0, 0.05) is 0 Å². The third-order valence-electron chi connectivity index (χ3n) is 2.30. The Morgan fingerprint density at radius 1 is 0.864 bits per heavy atom. The van der Waals surface area contributed by atoms with Crippen molar-refractivity contribution in [3.63, 3.8) is 0 Å². The lowest BCUT2D eigenvalue weighted by atomic mass is 10.0. The number of benzene rings is 2. The zero-order chi connectivity index (χ0) is 17.0. The van der Waals surface area contributed by atoms with Gasteiger partial charge in [0.05, 0.1) is 11.1 Å². The van der Waals surface area contributed by atoms with Crippen molar-refractivity contribution in [1.82, 2.24) is 0 Å². The van der Waals surface area contributed by atoms with Crippen molar-refractivity contribution in [2.75, 3.05) is 0 Å². The van der Waals surface area contributed by atoms with E-state index in [0.717, 1.165) is 5.56 Å². The van der Waals surface area contributed by atoms with Gasteiger partial charge in [-0.05, 0) is 19.1 Å². The molecule has 0 fully saturated rings. The topological polar surface area (TPSA) is 112 Å². The zero-order valence-electron chi connectivity index (χ0n) is 11.8. The largest absolute Gasteiger partial charge is 0.483 e. The Labute approximate surface area is 127 Å². The summed E-state index contributed by atoms with van der Waals surface area (Å²) in [6.07, 6.45) is 0. The third kappa shape index (κ3) is 7.44. The SMILES string of the molecule is Cc1ccc(C(=O)O)c(C(=O)O)c1.O=CO.c1ccccc1. The van der Waals surface area contributed by atoms with Gasteiger partial charge < -0.3 is 15.3 Å². The standard InChI is InChI=1S/C9H8O4.C6H6.CH2O2/c1-5-2-3-6(8(10)11)7(4-5)9(12)13;1-2-4-6-5-3-1;2-1-3/h2-4H,1H3,(H,10,11)(H,12,13);1-6H;1H,(H,2,3). The molecule has 6 nitrogen and oxygen atoms in total. The predicted molar refractivity (Wildman–Crippen MR) is 80.2 cm³/mol. The molecule has 6 heteroatoms. The first kappa shape index (κ1) is 18.9. The van der Waals surface area contributed by atoms with Crippen LogP contribution in [0.2, 0.25) is 0 Å². The molecule has 0 aliphatic heterocycles. The molecule has 2 rings (SSSR count). The van der Waals surface area contributed by atoms with Crippen LogP contribution in [0.3, 0.4) is 0 Å². The number of carboxylic acids is 2. The third-order valence-corrected chi connectivity index (χ3v) is 2.30. The Kier molecular flexibility index (Phi) is 9.10. The molecule has 0 atom stereocenters. The minimum atomic E-state index is -1.22. The fourth-order valence-electron chi connectivity index (χ4n) is 1.41. The van der Waals surface area contributed by atoms with E-state index in [1.807, 2.05) is 36.4 Å². The van der Waals surface area contributed by atoms with E-state index in [0.29, 0.717) is 0 Å². The summed E-state index contributed by atoms with van der Waals surface area (Å²) < 4.78 is 0. The highest BCUT2D eigenvalue weighted by atomic mass is 16.4. The van der Waals surface area contributed by atoms with Crippen LogP contribution in [0, 0.1) is 6.92 Å². The second kappa shape index (κ2) is 10.6. The maximum absolute atomic E-state index is 10.6. The lowest BCUT2D eigenvalue weighted by Gasteiger charge is -2.01. The van der Waals surface area contributed by atoms with Crippen molar-refractivity contribution in [1.29, 1.82) is 0 Å². The van der Waals surface area contributed by atoms with Crippen LogP contribution < -0.4 is 0 Å². The average molecular weight is 304 g/mol. The molecule has 0 saturated heterocycles. The summed E-state index contributed by atoms with van der Waals surface area (Å²) in [7, 11) is 0. The molecule has 2 aromatic carbocycles. The Bertz CT molecular complexity index is 581. The molecule has 0 aliphatic rings. The lowest BCUT2D eigenvalue weighted by Crippen LogP contribution is -2.07. The highest BCUT2D eigenvalue weighted by Gasteiger charge is 2.14. The van der Waals surface area contributed by atoms with Crippen LogP contribution in [-0.2, 0) is 4.79 Å². The Morgan fingerprint density at radius 3 is 1.55 bits per heavy atom. The van der Waals surface area contributed by atoms with Crippen LogP contribution in [0.5, 0.6) is 0 Å². The first-order valence-corrected chi connectivity index (χ1v) is 6.09.